The maximum Gasteiger partial charge on any atom is 0.243 e. The van der Waals surface area contributed by atoms with Crippen molar-refractivity contribution in [1.82, 2.24) is 10.6 Å². The average Bonchev–Trinajstić information content (AvgIpc) is 2.90. The van der Waals surface area contributed by atoms with Gasteiger partial charge in [0, 0.05) is 6.54 Å². The zero-order chi connectivity index (χ0) is 25.8. The van der Waals surface area contributed by atoms with Gasteiger partial charge in [0.15, 0.2) is 5.96 Å². The summed E-state index contributed by atoms with van der Waals surface area (Å²) >= 11 is 0. The van der Waals surface area contributed by atoms with Crippen LogP contribution in [-0.4, -0.2) is 42.1 Å². The summed E-state index contributed by atoms with van der Waals surface area (Å²) in [5.41, 5.74) is 13.2. The molecule has 8 heteroatoms. The van der Waals surface area contributed by atoms with E-state index in [2.05, 4.69) is 15.6 Å². The van der Waals surface area contributed by atoms with E-state index in [0.29, 0.717) is 19.4 Å². The van der Waals surface area contributed by atoms with Gasteiger partial charge in [-0.05, 0) is 29.5 Å². The SMILES string of the molecule is NC(N)=NCCC[C@H](NC(=O)C(c1ccccc1)c1ccccc1)C(=O)N[C@@H](CO)c1ccccc1. The lowest BCUT2D eigenvalue weighted by atomic mass is 9.90. The standard InChI is InChI=1S/C28H33N5O3/c29-28(30)31-18-10-17-23(26(35)33-24(19-34)20-11-4-1-5-12-20)32-27(36)25(21-13-6-2-7-14-21)22-15-8-3-9-16-22/h1-9,11-16,23-25,34H,10,17-19H2,(H,32,36)(H,33,35)(H4,29,30,31)/t23-,24-/m0/s1. The maximum absolute atomic E-state index is 13.6. The highest BCUT2D eigenvalue weighted by molar-refractivity contribution is 5.92. The molecule has 3 rings (SSSR count). The molecule has 0 aromatic heterocycles. The Morgan fingerprint density at radius 2 is 1.25 bits per heavy atom. The van der Waals surface area contributed by atoms with Crippen LogP contribution in [0.1, 0.15) is 41.5 Å². The van der Waals surface area contributed by atoms with Gasteiger partial charge >= 0.3 is 0 Å². The number of nitrogens with zero attached hydrogens (tertiary/aromatic N) is 1. The van der Waals surface area contributed by atoms with Gasteiger partial charge in [0.05, 0.1) is 18.6 Å². The van der Waals surface area contributed by atoms with Crippen LogP contribution in [0, 0.1) is 0 Å². The van der Waals surface area contributed by atoms with Crippen LogP contribution in [0.3, 0.4) is 0 Å². The minimum Gasteiger partial charge on any atom is -0.394 e. The van der Waals surface area contributed by atoms with Crippen molar-refractivity contribution in [2.24, 2.45) is 16.5 Å². The molecular formula is C28H33N5O3. The molecule has 36 heavy (non-hydrogen) atoms. The molecule has 8 nitrogen and oxygen atoms in total. The number of hydrogen-bond acceptors (Lipinski definition) is 4. The zero-order valence-corrected chi connectivity index (χ0v) is 20.1. The van der Waals surface area contributed by atoms with E-state index in [1.807, 2.05) is 91.0 Å². The largest absolute Gasteiger partial charge is 0.394 e. The highest BCUT2D eigenvalue weighted by Gasteiger charge is 2.28. The monoisotopic (exact) mass is 487 g/mol. The topological polar surface area (TPSA) is 143 Å². The van der Waals surface area contributed by atoms with Gasteiger partial charge in [0.2, 0.25) is 11.8 Å². The molecule has 0 spiro atoms. The molecule has 2 amide bonds. The van der Waals surface area contributed by atoms with Crippen LogP contribution in [0.25, 0.3) is 0 Å². The van der Waals surface area contributed by atoms with Crippen molar-refractivity contribution >= 4 is 17.8 Å². The molecule has 0 saturated heterocycles. The Labute approximate surface area is 211 Å². The van der Waals surface area contributed by atoms with Crippen LogP contribution >= 0.6 is 0 Å². The average molecular weight is 488 g/mol. The lowest BCUT2D eigenvalue weighted by molar-refractivity contribution is -0.130. The third-order valence-electron chi connectivity index (χ3n) is 5.81. The number of rotatable bonds is 12. The third kappa shape index (κ3) is 7.68. The van der Waals surface area contributed by atoms with Gasteiger partial charge in [-0.1, -0.05) is 91.0 Å². The summed E-state index contributed by atoms with van der Waals surface area (Å²) in [7, 11) is 0. The first kappa shape index (κ1) is 26.4. The Morgan fingerprint density at radius 3 is 1.72 bits per heavy atom. The van der Waals surface area contributed by atoms with Gasteiger partial charge in [-0.15, -0.1) is 0 Å². The van der Waals surface area contributed by atoms with Crippen molar-refractivity contribution in [2.75, 3.05) is 13.2 Å². The van der Waals surface area contributed by atoms with Gasteiger partial charge in [-0.3, -0.25) is 14.6 Å². The van der Waals surface area contributed by atoms with E-state index >= 15 is 0 Å². The Bertz CT molecular complexity index is 1080. The summed E-state index contributed by atoms with van der Waals surface area (Å²) in [5, 5.41) is 15.7. The summed E-state index contributed by atoms with van der Waals surface area (Å²) in [6.45, 7) is 0.0476. The fraction of sp³-hybridized carbons (Fsp3) is 0.250. The molecule has 0 heterocycles. The number of hydrogen-bond donors (Lipinski definition) is 5. The number of carbonyl (C=O) groups excluding carboxylic acids is 2. The minimum atomic E-state index is -0.848. The Balaban J connectivity index is 1.82. The second-order valence-electron chi connectivity index (χ2n) is 8.42. The third-order valence-corrected chi connectivity index (χ3v) is 5.81. The van der Waals surface area contributed by atoms with Gasteiger partial charge in [0.25, 0.3) is 0 Å². The molecule has 0 aliphatic rings. The molecule has 0 unspecified atom stereocenters. The van der Waals surface area contributed by atoms with Gasteiger partial charge in [-0.25, -0.2) is 0 Å². The van der Waals surface area contributed by atoms with Crippen molar-refractivity contribution in [3.63, 3.8) is 0 Å². The summed E-state index contributed by atoms with van der Waals surface area (Å²) in [6, 6.07) is 26.6. The number of amides is 2. The van der Waals surface area contributed by atoms with Crippen molar-refractivity contribution in [3.8, 4) is 0 Å². The van der Waals surface area contributed by atoms with Crippen LogP contribution in [0.5, 0.6) is 0 Å². The molecule has 2 atom stereocenters. The molecule has 0 fully saturated rings. The van der Waals surface area contributed by atoms with E-state index in [1.165, 1.54) is 0 Å². The quantitative estimate of drug-likeness (QED) is 0.151. The second-order valence-corrected chi connectivity index (χ2v) is 8.42. The summed E-state index contributed by atoms with van der Waals surface area (Å²) in [6.07, 6.45) is 0.796. The Kier molecular flexibility index (Phi) is 10.0. The lowest BCUT2D eigenvalue weighted by Gasteiger charge is -2.25. The zero-order valence-electron chi connectivity index (χ0n) is 20.1. The molecular weight excluding hydrogens is 454 g/mol. The first-order chi connectivity index (χ1) is 17.5. The minimum absolute atomic E-state index is 0.0299. The number of carbonyl (C=O) groups is 2. The highest BCUT2D eigenvalue weighted by atomic mass is 16.3. The van der Waals surface area contributed by atoms with Crippen LogP contribution in [-0.2, 0) is 9.59 Å². The van der Waals surface area contributed by atoms with Crippen molar-refractivity contribution in [2.45, 2.75) is 30.8 Å². The maximum atomic E-state index is 13.6. The highest BCUT2D eigenvalue weighted by Crippen LogP contribution is 2.25. The number of benzene rings is 3. The fourth-order valence-corrected chi connectivity index (χ4v) is 4.01. The molecule has 3 aromatic carbocycles. The van der Waals surface area contributed by atoms with E-state index in [1.54, 1.807) is 0 Å². The fourth-order valence-electron chi connectivity index (χ4n) is 4.01. The van der Waals surface area contributed by atoms with E-state index < -0.39 is 23.9 Å². The second kappa shape index (κ2) is 13.7. The van der Waals surface area contributed by atoms with Crippen LogP contribution in [0.4, 0.5) is 0 Å². The molecule has 0 aliphatic carbocycles. The summed E-state index contributed by atoms with van der Waals surface area (Å²) in [5.74, 6) is -1.31. The number of aliphatic hydroxyl groups is 1. The number of nitrogens with two attached hydrogens (primary N) is 2. The first-order valence-corrected chi connectivity index (χ1v) is 11.9. The van der Waals surface area contributed by atoms with Gasteiger partial charge in [0.1, 0.15) is 6.04 Å². The van der Waals surface area contributed by atoms with Crippen LogP contribution in [0.2, 0.25) is 0 Å². The van der Waals surface area contributed by atoms with Gasteiger partial charge < -0.3 is 27.2 Å². The Hall–Kier alpha value is -4.17. The van der Waals surface area contributed by atoms with Crippen LogP contribution < -0.4 is 22.1 Å². The molecule has 0 radical (unpaired) electrons. The molecule has 3 aromatic rings. The molecule has 188 valence electrons. The number of guanidine groups is 1. The number of nitrogens with one attached hydrogen (secondary N) is 2. The van der Waals surface area contributed by atoms with Crippen molar-refractivity contribution in [3.05, 3.63) is 108 Å². The van der Waals surface area contributed by atoms with Crippen molar-refractivity contribution in [1.29, 1.82) is 0 Å². The Morgan fingerprint density at radius 1 is 0.750 bits per heavy atom. The normalized spacial score (nSPS) is 12.4. The lowest BCUT2D eigenvalue weighted by Crippen LogP contribution is -2.49. The first-order valence-electron chi connectivity index (χ1n) is 11.9. The van der Waals surface area contributed by atoms with E-state index in [9.17, 15) is 14.7 Å². The molecule has 0 saturated carbocycles. The van der Waals surface area contributed by atoms with Crippen LogP contribution in [0.15, 0.2) is 96.0 Å². The molecule has 0 bridgehead atoms. The number of aliphatic imine (C=N–C) groups is 1. The van der Waals surface area contributed by atoms with Crippen molar-refractivity contribution < 1.29 is 14.7 Å². The van der Waals surface area contributed by atoms with E-state index in [0.717, 1.165) is 16.7 Å². The van der Waals surface area contributed by atoms with Gasteiger partial charge in [-0.2, -0.15) is 0 Å². The van der Waals surface area contributed by atoms with E-state index in [-0.39, 0.29) is 18.5 Å². The summed E-state index contributed by atoms with van der Waals surface area (Å²) < 4.78 is 0. The summed E-state index contributed by atoms with van der Waals surface area (Å²) in [4.78, 5) is 30.9. The van der Waals surface area contributed by atoms with E-state index in [4.69, 9.17) is 11.5 Å². The molecule has 0 aliphatic heterocycles. The smallest absolute Gasteiger partial charge is 0.243 e. The molecule has 7 N–H and O–H groups in total. The number of aliphatic hydroxyl groups excluding tert-OH is 1. The predicted molar refractivity (Wildman–Crippen MR) is 141 cm³/mol. The predicted octanol–water partition coefficient (Wildman–Crippen LogP) is 2.21.